The van der Waals surface area contributed by atoms with E-state index in [1.54, 1.807) is 6.21 Å². The van der Waals surface area contributed by atoms with Gasteiger partial charge in [0.05, 0.1) is 0 Å². The van der Waals surface area contributed by atoms with Gasteiger partial charge in [-0.2, -0.15) is 0 Å². The Morgan fingerprint density at radius 2 is 2.12 bits per heavy atom. The molecule has 0 aromatic heterocycles. The lowest BCUT2D eigenvalue weighted by atomic mass is 10.4. The van der Waals surface area contributed by atoms with Crippen LogP contribution in [0, 0.1) is 0 Å². The van der Waals surface area contributed by atoms with Crippen molar-refractivity contribution < 1.29 is 0 Å². The quantitative estimate of drug-likeness (QED) is 0.481. The van der Waals surface area contributed by atoms with E-state index in [-0.39, 0.29) is 6.17 Å². The molecule has 0 aromatic carbocycles. The number of allylic oxidation sites excluding steroid dienone is 3. The Bertz CT molecular complexity index is 129. The normalized spacial score (nSPS) is 25.9. The maximum Gasteiger partial charge on any atom is 0.116 e. The van der Waals surface area contributed by atoms with Crippen LogP contribution in [-0.2, 0) is 0 Å². The third-order valence-electron chi connectivity index (χ3n) is 0.875. The lowest BCUT2D eigenvalue weighted by Crippen LogP contribution is -2.12. The largest absolute Gasteiger partial charge is 0.306 e. The molecule has 0 aromatic rings. The van der Waals surface area contributed by atoms with Crippen LogP contribution in [0.5, 0.6) is 0 Å². The first-order valence-electron chi connectivity index (χ1n) is 2.52. The molecule has 0 bridgehead atoms. The zero-order chi connectivity index (χ0) is 5.82. The second-order valence-corrected chi connectivity index (χ2v) is 1.56. The fourth-order valence-corrected chi connectivity index (χ4v) is 0.491. The van der Waals surface area contributed by atoms with E-state index in [4.69, 9.17) is 5.73 Å². The minimum absolute atomic E-state index is 0.148. The van der Waals surface area contributed by atoms with E-state index in [2.05, 4.69) is 4.99 Å². The van der Waals surface area contributed by atoms with Crippen LogP contribution in [0.4, 0.5) is 0 Å². The minimum atomic E-state index is -0.148. The zero-order valence-electron chi connectivity index (χ0n) is 4.49. The van der Waals surface area contributed by atoms with Gasteiger partial charge in [0.15, 0.2) is 0 Å². The highest BCUT2D eigenvalue weighted by atomic mass is 14.9. The van der Waals surface area contributed by atoms with Crippen LogP contribution in [-0.4, -0.2) is 12.4 Å². The Hall–Kier alpha value is -0.890. The number of hydrogen-bond donors (Lipinski definition) is 1. The van der Waals surface area contributed by atoms with E-state index in [1.807, 2.05) is 24.3 Å². The fraction of sp³-hybridized carbons (Fsp3) is 0.167. The molecule has 8 heavy (non-hydrogen) atoms. The molecule has 1 aliphatic heterocycles. The maximum absolute atomic E-state index is 5.41. The van der Waals surface area contributed by atoms with E-state index in [0.717, 1.165) is 0 Å². The summed E-state index contributed by atoms with van der Waals surface area (Å²) >= 11 is 0. The Morgan fingerprint density at radius 1 is 1.25 bits per heavy atom. The van der Waals surface area contributed by atoms with Gasteiger partial charge in [-0.15, -0.1) is 0 Å². The molecule has 1 atom stereocenters. The average Bonchev–Trinajstić information content (AvgIpc) is 1.94. The first-order chi connectivity index (χ1) is 3.89. The monoisotopic (exact) mass is 108 g/mol. The average molecular weight is 108 g/mol. The van der Waals surface area contributed by atoms with Gasteiger partial charge in [-0.05, 0) is 12.2 Å². The second kappa shape index (κ2) is 2.43. The van der Waals surface area contributed by atoms with E-state index in [1.165, 1.54) is 0 Å². The van der Waals surface area contributed by atoms with Gasteiger partial charge in [0.2, 0.25) is 0 Å². The van der Waals surface area contributed by atoms with E-state index in [0.29, 0.717) is 0 Å². The topological polar surface area (TPSA) is 38.4 Å². The Labute approximate surface area is 48.4 Å². The molecule has 1 aliphatic rings. The fourth-order valence-electron chi connectivity index (χ4n) is 0.491. The van der Waals surface area contributed by atoms with Crippen LogP contribution >= 0.6 is 0 Å². The van der Waals surface area contributed by atoms with Gasteiger partial charge in [-0.3, -0.25) is 4.99 Å². The number of nitrogens with zero attached hydrogens (tertiary/aromatic N) is 1. The highest BCUT2D eigenvalue weighted by Gasteiger charge is 1.87. The molecule has 0 aliphatic carbocycles. The lowest BCUT2D eigenvalue weighted by molar-refractivity contribution is 0.885. The van der Waals surface area contributed by atoms with Gasteiger partial charge in [0.1, 0.15) is 6.17 Å². The molecule has 0 spiro atoms. The van der Waals surface area contributed by atoms with Crippen molar-refractivity contribution in [1.29, 1.82) is 0 Å². The first-order valence-corrected chi connectivity index (χ1v) is 2.52. The second-order valence-electron chi connectivity index (χ2n) is 1.56. The standard InChI is InChI=1S/C6H8N2/c7-6-4-2-1-3-5-8-6/h1-6H,7H2. The van der Waals surface area contributed by atoms with Gasteiger partial charge >= 0.3 is 0 Å². The molecule has 0 fully saturated rings. The van der Waals surface area contributed by atoms with Crippen molar-refractivity contribution in [3.63, 3.8) is 0 Å². The molecule has 0 saturated heterocycles. The lowest BCUT2D eigenvalue weighted by Gasteiger charge is -1.91. The third kappa shape index (κ3) is 1.31. The van der Waals surface area contributed by atoms with Crippen LogP contribution in [0.15, 0.2) is 29.3 Å². The molecular formula is C6H8N2. The van der Waals surface area contributed by atoms with Crippen molar-refractivity contribution in [3.05, 3.63) is 24.3 Å². The van der Waals surface area contributed by atoms with Crippen LogP contribution in [0.3, 0.4) is 0 Å². The first kappa shape index (κ1) is 5.25. The maximum atomic E-state index is 5.41. The molecule has 0 amide bonds. The molecule has 2 N–H and O–H groups in total. The van der Waals surface area contributed by atoms with Crippen molar-refractivity contribution in [3.8, 4) is 0 Å². The predicted octanol–water partition coefficient (Wildman–Crippen LogP) is 0.468. The van der Waals surface area contributed by atoms with E-state index < -0.39 is 0 Å². The smallest absolute Gasteiger partial charge is 0.116 e. The molecular weight excluding hydrogens is 100 g/mol. The molecule has 0 radical (unpaired) electrons. The van der Waals surface area contributed by atoms with Crippen molar-refractivity contribution in [2.75, 3.05) is 0 Å². The Kier molecular flexibility index (Phi) is 1.59. The molecule has 1 rings (SSSR count). The summed E-state index contributed by atoms with van der Waals surface area (Å²) < 4.78 is 0. The van der Waals surface area contributed by atoms with Crippen molar-refractivity contribution in [2.24, 2.45) is 10.7 Å². The minimum Gasteiger partial charge on any atom is -0.306 e. The third-order valence-corrected chi connectivity index (χ3v) is 0.875. The number of hydrogen-bond acceptors (Lipinski definition) is 2. The SMILES string of the molecule is NC1C=CC=CC=N1. The Morgan fingerprint density at radius 3 is 3.00 bits per heavy atom. The van der Waals surface area contributed by atoms with Gasteiger partial charge in [-0.1, -0.05) is 12.2 Å². The summed E-state index contributed by atoms with van der Waals surface area (Å²) in [6, 6.07) is 0. The summed E-state index contributed by atoms with van der Waals surface area (Å²) in [7, 11) is 0. The van der Waals surface area contributed by atoms with Crippen molar-refractivity contribution >= 4 is 6.21 Å². The summed E-state index contributed by atoms with van der Waals surface area (Å²) in [6.07, 6.45) is 9.02. The molecule has 1 unspecified atom stereocenters. The summed E-state index contributed by atoms with van der Waals surface area (Å²) in [6.45, 7) is 0. The van der Waals surface area contributed by atoms with Crippen LogP contribution < -0.4 is 5.73 Å². The summed E-state index contributed by atoms with van der Waals surface area (Å²) in [5, 5.41) is 0. The molecule has 2 nitrogen and oxygen atoms in total. The van der Waals surface area contributed by atoms with E-state index in [9.17, 15) is 0 Å². The number of aliphatic imine (C=N–C) groups is 1. The van der Waals surface area contributed by atoms with Crippen LogP contribution in [0.25, 0.3) is 0 Å². The van der Waals surface area contributed by atoms with Crippen molar-refractivity contribution in [2.45, 2.75) is 6.17 Å². The summed E-state index contributed by atoms with van der Waals surface area (Å²) in [5.74, 6) is 0. The number of rotatable bonds is 0. The highest BCUT2D eigenvalue weighted by Crippen LogP contribution is 1.88. The predicted molar refractivity (Wildman–Crippen MR) is 34.7 cm³/mol. The van der Waals surface area contributed by atoms with Crippen LogP contribution in [0.2, 0.25) is 0 Å². The summed E-state index contributed by atoms with van der Waals surface area (Å²) in [4.78, 5) is 3.90. The highest BCUT2D eigenvalue weighted by molar-refractivity contribution is 5.72. The van der Waals surface area contributed by atoms with Gasteiger partial charge in [-0.25, -0.2) is 0 Å². The molecule has 1 heterocycles. The summed E-state index contributed by atoms with van der Waals surface area (Å²) in [5.41, 5.74) is 5.41. The Balaban J connectivity index is 2.66. The van der Waals surface area contributed by atoms with Gasteiger partial charge in [0.25, 0.3) is 0 Å². The van der Waals surface area contributed by atoms with Crippen LogP contribution in [0.1, 0.15) is 0 Å². The molecule has 2 heteroatoms. The van der Waals surface area contributed by atoms with Gasteiger partial charge < -0.3 is 5.73 Å². The zero-order valence-corrected chi connectivity index (χ0v) is 4.49. The van der Waals surface area contributed by atoms with Crippen molar-refractivity contribution in [1.82, 2.24) is 0 Å². The number of nitrogens with two attached hydrogens (primary N) is 1. The molecule has 42 valence electrons. The van der Waals surface area contributed by atoms with E-state index >= 15 is 0 Å². The molecule has 0 saturated carbocycles. The van der Waals surface area contributed by atoms with Gasteiger partial charge in [0, 0.05) is 6.21 Å².